The van der Waals surface area contributed by atoms with Crippen molar-refractivity contribution in [1.82, 2.24) is 15.1 Å². The van der Waals surface area contributed by atoms with Crippen LogP contribution in [-0.4, -0.2) is 16.3 Å². The molecule has 0 spiro atoms. The Morgan fingerprint density at radius 3 is 2.65 bits per heavy atom. The van der Waals surface area contributed by atoms with Crippen molar-refractivity contribution in [3.63, 3.8) is 0 Å². The van der Waals surface area contributed by atoms with E-state index in [1.165, 1.54) is 0 Å². The molecule has 1 N–H and O–H groups in total. The van der Waals surface area contributed by atoms with Gasteiger partial charge >= 0.3 is 0 Å². The van der Waals surface area contributed by atoms with Crippen LogP contribution in [0, 0.1) is 0 Å². The fourth-order valence-corrected chi connectivity index (χ4v) is 3.64. The van der Waals surface area contributed by atoms with Gasteiger partial charge in [0.2, 0.25) is 0 Å². The molecule has 0 aliphatic rings. The number of nitrogens with zero attached hydrogens (tertiary/aromatic N) is 2. The minimum absolute atomic E-state index is 0.0480. The predicted octanol–water partition coefficient (Wildman–Crippen LogP) is 4.78. The Bertz CT molecular complexity index is 578. The summed E-state index contributed by atoms with van der Waals surface area (Å²) >= 11 is 13.3. The van der Waals surface area contributed by atoms with E-state index in [1.54, 1.807) is 0 Å². The van der Waals surface area contributed by atoms with Gasteiger partial charge in [-0.15, -0.1) is 0 Å². The van der Waals surface area contributed by atoms with Crippen LogP contribution in [0.2, 0.25) is 5.02 Å². The molecular weight excluding hydrogens is 405 g/mol. The van der Waals surface area contributed by atoms with Gasteiger partial charge in [-0.25, -0.2) is 0 Å². The lowest BCUT2D eigenvalue weighted by Gasteiger charge is -2.21. The Labute approximate surface area is 141 Å². The Hall–Kier alpha value is -0.360. The topological polar surface area (TPSA) is 29.9 Å². The Balaban J connectivity index is 2.52. The van der Waals surface area contributed by atoms with Gasteiger partial charge in [0.05, 0.1) is 22.4 Å². The summed E-state index contributed by atoms with van der Waals surface area (Å²) in [5.74, 6) is 0. The van der Waals surface area contributed by atoms with Crippen LogP contribution in [0.15, 0.2) is 33.3 Å². The summed E-state index contributed by atoms with van der Waals surface area (Å²) in [5.41, 5.74) is 2.23. The number of hydrogen-bond donors (Lipinski definition) is 1. The summed E-state index contributed by atoms with van der Waals surface area (Å²) in [6, 6.07) is 6.00. The largest absolute Gasteiger partial charge is 0.305 e. The number of nitrogens with one attached hydrogen (secondary N) is 1. The summed E-state index contributed by atoms with van der Waals surface area (Å²) in [6.45, 7) is 5.85. The van der Waals surface area contributed by atoms with Gasteiger partial charge in [-0.05, 0) is 53.2 Å². The molecule has 1 heterocycles. The smallest absolute Gasteiger partial charge is 0.0760 e. The number of halogens is 3. The van der Waals surface area contributed by atoms with Gasteiger partial charge in [0.15, 0.2) is 0 Å². The summed E-state index contributed by atoms with van der Waals surface area (Å²) in [6.07, 6.45) is 1.84. The fraction of sp³-hybridized carbons (Fsp3) is 0.357. The molecule has 0 fully saturated rings. The normalized spacial score (nSPS) is 12.7. The molecule has 2 rings (SSSR count). The van der Waals surface area contributed by atoms with Gasteiger partial charge in [0, 0.05) is 16.0 Å². The molecule has 0 saturated heterocycles. The third-order valence-corrected chi connectivity index (χ3v) is 4.32. The molecule has 0 amide bonds. The van der Waals surface area contributed by atoms with Crippen LogP contribution < -0.4 is 5.32 Å². The van der Waals surface area contributed by atoms with Crippen molar-refractivity contribution in [3.05, 3.63) is 49.6 Å². The van der Waals surface area contributed by atoms with E-state index in [-0.39, 0.29) is 6.04 Å². The Morgan fingerprint density at radius 2 is 2.05 bits per heavy atom. The van der Waals surface area contributed by atoms with E-state index >= 15 is 0 Å². The van der Waals surface area contributed by atoms with E-state index in [0.717, 1.165) is 38.3 Å². The van der Waals surface area contributed by atoms with Crippen molar-refractivity contribution >= 4 is 43.5 Å². The molecule has 0 bridgehead atoms. The van der Waals surface area contributed by atoms with Crippen LogP contribution >= 0.6 is 43.5 Å². The second-order valence-electron chi connectivity index (χ2n) is 4.39. The highest BCUT2D eigenvalue weighted by atomic mass is 79.9. The van der Waals surface area contributed by atoms with Crippen molar-refractivity contribution in [1.29, 1.82) is 0 Å². The molecule has 0 saturated carbocycles. The van der Waals surface area contributed by atoms with Crippen molar-refractivity contribution in [2.75, 3.05) is 6.54 Å². The second-order valence-corrected chi connectivity index (χ2v) is 6.59. The van der Waals surface area contributed by atoms with Crippen LogP contribution in [0.25, 0.3) is 0 Å². The average molecular weight is 422 g/mol. The predicted molar refractivity (Wildman–Crippen MR) is 90.3 cm³/mol. The van der Waals surface area contributed by atoms with Crippen LogP contribution in [-0.2, 0) is 6.54 Å². The van der Waals surface area contributed by atoms with Gasteiger partial charge in [0.1, 0.15) is 0 Å². The number of hydrogen-bond acceptors (Lipinski definition) is 2. The van der Waals surface area contributed by atoms with E-state index in [4.69, 9.17) is 11.6 Å². The van der Waals surface area contributed by atoms with E-state index in [9.17, 15) is 0 Å². The van der Waals surface area contributed by atoms with Gasteiger partial charge in [0.25, 0.3) is 0 Å². The highest BCUT2D eigenvalue weighted by Crippen LogP contribution is 2.31. The summed E-state index contributed by atoms with van der Waals surface area (Å²) in [5, 5.41) is 8.61. The van der Waals surface area contributed by atoms with E-state index in [1.807, 2.05) is 23.0 Å². The van der Waals surface area contributed by atoms with E-state index in [0.29, 0.717) is 0 Å². The summed E-state index contributed by atoms with van der Waals surface area (Å²) in [4.78, 5) is 0. The SMILES string of the molecule is CCNC(c1cc(Cl)cc(Br)c1)c1c(Br)cnn1CC. The molecule has 0 aliphatic heterocycles. The first kappa shape index (κ1) is 16.0. The van der Waals surface area contributed by atoms with Crippen molar-refractivity contribution in [2.45, 2.75) is 26.4 Å². The number of aryl methyl sites for hydroxylation is 1. The van der Waals surface area contributed by atoms with E-state index < -0.39 is 0 Å². The van der Waals surface area contributed by atoms with Gasteiger partial charge in [-0.1, -0.05) is 34.5 Å². The summed E-state index contributed by atoms with van der Waals surface area (Å²) < 4.78 is 3.97. The van der Waals surface area contributed by atoms with Crippen LogP contribution in [0.3, 0.4) is 0 Å². The summed E-state index contributed by atoms with van der Waals surface area (Å²) in [7, 11) is 0. The lowest BCUT2D eigenvalue weighted by molar-refractivity contribution is 0.540. The molecule has 0 aliphatic carbocycles. The van der Waals surface area contributed by atoms with Crippen molar-refractivity contribution in [3.8, 4) is 0 Å². The number of aromatic nitrogens is 2. The standard InChI is InChI=1S/C14H16Br2ClN3/c1-3-18-13(9-5-10(15)7-11(17)6-9)14-12(16)8-19-20(14)4-2/h5-8,13,18H,3-4H2,1-2H3. The van der Waals surface area contributed by atoms with Crippen LogP contribution in [0.5, 0.6) is 0 Å². The third kappa shape index (κ3) is 3.45. The molecule has 108 valence electrons. The second kappa shape index (κ2) is 7.07. The van der Waals surface area contributed by atoms with E-state index in [2.05, 4.69) is 62.2 Å². The van der Waals surface area contributed by atoms with Crippen LogP contribution in [0.1, 0.15) is 31.1 Å². The maximum atomic E-state index is 6.18. The van der Waals surface area contributed by atoms with Crippen molar-refractivity contribution in [2.24, 2.45) is 0 Å². The first-order chi connectivity index (χ1) is 9.56. The molecule has 1 aromatic carbocycles. The average Bonchev–Trinajstić information content (AvgIpc) is 2.76. The van der Waals surface area contributed by atoms with Gasteiger partial charge < -0.3 is 5.32 Å². The monoisotopic (exact) mass is 419 g/mol. The zero-order valence-corrected chi connectivity index (χ0v) is 15.3. The first-order valence-corrected chi connectivity index (χ1v) is 8.43. The lowest BCUT2D eigenvalue weighted by atomic mass is 10.0. The first-order valence-electron chi connectivity index (χ1n) is 6.47. The number of benzene rings is 1. The van der Waals surface area contributed by atoms with Crippen molar-refractivity contribution < 1.29 is 0 Å². The fourth-order valence-electron chi connectivity index (χ4n) is 2.23. The van der Waals surface area contributed by atoms with Crippen LogP contribution in [0.4, 0.5) is 0 Å². The Morgan fingerprint density at radius 1 is 1.30 bits per heavy atom. The maximum Gasteiger partial charge on any atom is 0.0760 e. The zero-order valence-electron chi connectivity index (χ0n) is 11.3. The molecule has 20 heavy (non-hydrogen) atoms. The molecular formula is C14H16Br2ClN3. The molecule has 0 radical (unpaired) electrons. The zero-order chi connectivity index (χ0) is 14.7. The maximum absolute atomic E-state index is 6.18. The molecule has 1 atom stereocenters. The van der Waals surface area contributed by atoms with Gasteiger partial charge in [-0.3, -0.25) is 4.68 Å². The molecule has 3 nitrogen and oxygen atoms in total. The Kier molecular flexibility index (Phi) is 5.66. The highest BCUT2D eigenvalue weighted by molar-refractivity contribution is 9.10. The minimum Gasteiger partial charge on any atom is -0.305 e. The van der Waals surface area contributed by atoms with Gasteiger partial charge in [-0.2, -0.15) is 5.10 Å². The molecule has 1 aromatic heterocycles. The highest BCUT2D eigenvalue weighted by Gasteiger charge is 2.21. The molecule has 6 heteroatoms. The lowest BCUT2D eigenvalue weighted by Crippen LogP contribution is -2.25. The quantitative estimate of drug-likeness (QED) is 0.753. The molecule has 1 unspecified atom stereocenters. The number of rotatable bonds is 5. The third-order valence-electron chi connectivity index (χ3n) is 3.03. The minimum atomic E-state index is 0.0480. The molecule has 2 aromatic rings.